The summed E-state index contributed by atoms with van der Waals surface area (Å²) < 4.78 is 27.3. The Hall–Kier alpha value is -1.64. The lowest BCUT2D eigenvalue weighted by molar-refractivity contribution is -0.149. The molecule has 4 aliphatic carbocycles. The Labute approximate surface area is 200 Å². The van der Waals surface area contributed by atoms with E-state index in [1.54, 1.807) is 30.0 Å². The Kier molecular flexibility index (Phi) is 5.98. The number of sulfonamides is 1. The summed E-state index contributed by atoms with van der Waals surface area (Å²) in [5.74, 6) is 1.90. The van der Waals surface area contributed by atoms with Gasteiger partial charge in [-0.3, -0.25) is 9.59 Å². The maximum atomic E-state index is 13.3. The van der Waals surface area contributed by atoms with Gasteiger partial charge < -0.3 is 10.2 Å². The number of hydrogen-bond acceptors (Lipinski definition) is 4. The quantitative estimate of drug-likeness (QED) is 0.683. The van der Waals surface area contributed by atoms with Gasteiger partial charge in [-0.15, -0.1) is 0 Å². The van der Waals surface area contributed by atoms with Crippen molar-refractivity contribution in [2.45, 2.75) is 56.4 Å². The van der Waals surface area contributed by atoms with Gasteiger partial charge in [-0.2, -0.15) is 4.31 Å². The SMILES string of the molecule is C[C@H](NC(=O)C12CC3CC(CC(C3)C1)C2)C(=O)N1CCN(S(=O)(=O)c2ccccc2Cl)CC1. The summed E-state index contributed by atoms with van der Waals surface area (Å²) in [6, 6.07) is 5.78. The molecule has 1 heterocycles. The highest BCUT2D eigenvalue weighted by atomic mass is 35.5. The number of amides is 2. The van der Waals surface area contributed by atoms with E-state index in [0.717, 1.165) is 19.3 Å². The molecule has 4 bridgehead atoms. The van der Waals surface area contributed by atoms with Crippen LogP contribution in [0.1, 0.15) is 45.4 Å². The lowest BCUT2D eigenvalue weighted by Gasteiger charge is -2.55. The van der Waals surface area contributed by atoms with E-state index in [1.165, 1.54) is 29.6 Å². The fourth-order valence-electron chi connectivity index (χ4n) is 7.02. The molecule has 5 fully saturated rings. The van der Waals surface area contributed by atoms with Crippen molar-refractivity contribution < 1.29 is 18.0 Å². The van der Waals surface area contributed by atoms with E-state index in [2.05, 4.69) is 5.32 Å². The molecule has 0 aromatic heterocycles. The van der Waals surface area contributed by atoms with Crippen LogP contribution >= 0.6 is 11.6 Å². The fourth-order valence-corrected chi connectivity index (χ4v) is 8.93. The molecule has 1 saturated heterocycles. The standard InChI is InChI=1S/C24H32ClN3O4S/c1-16(26-23(30)24-13-17-10-18(14-24)12-19(11-17)15-24)22(29)27-6-8-28(9-7-27)33(31,32)21-5-3-2-4-20(21)25/h2-5,16-19H,6-15H2,1H3,(H,26,30)/t16-,17?,18?,19?,24?/m0/s1. The minimum absolute atomic E-state index is 0.0439. The molecule has 4 saturated carbocycles. The minimum atomic E-state index is -3.71. The first-order valence-electron chi connectivity index (χ1n) is 12.0. The number of nitrogens with zero attached hydrogens (tertiary/aromatic N) is 2. The Morgan fingerprint density at radius 1 is 1.00 bits per heavy atom. The summed E-state index contributed by atoms with van der Waals surface area (Å²) >= 11 is 6.10. The molecule has 1 aliphatic heterocycles. The van der Waals surface area contributed by atoms with E-state index in [4.69, 9.17) is 11.6 Å². The molecule has 1 N–H and O–H groups in total. The smallest absolute Gasteiger partial charge is 0.244 e. The van der Waals surface area contributed by atoms with Gasteiger partial charge in [-0.1, -0.05) is 23.7 Å². The fraction of sp³-hybridized carbons (Fsp3) is 0.667. The molecule has 1 aromatic rings. The van der Waals surface area contributed by atoms with Crippen LogP contribution in [0.4, 0.5) is 0 Å². The van der Waals surface area contributed by atoms with Crippen LogP contribution in [0.3, 0.4) is 0 Å². The third-order valence-electron chi connectivity index (χ3n) is 8.24. The van der Waals surface area contributed by atoms with E-state index in [9.17, 15) is 18.0 Å². The molecule has 33 heavy (non-hydrogen) atoms. The molecule has 1 atom stereocenters. The Bertz CT molecular complexity index is 1020. The number of hydrogen-bond donors (Lipinski definition) is 1. The predicted octanol–water partition coefficient (Wildman–Crippen LogP) is 2.89. The molecular weight excluding hydrogens is 462 g/mol. The molecule has 0 unspecified atom stereocenters. The highest BCUT2D eigenvalue weighted by Crippen LogP contribution is 2.60. The lowest BCUT2D eigenvalue weighted by atomic mass is 9.49. The molecule has 9 heteroatoms. The van der Waals surface area contributed by atoms with E-state index in [1.807, 2.05) is 0 Å². The summed E-state index contributed by atoms with van der Waals surface area (Å²) in [6.07, 6.45) is 6.69. The van der Waals surface area contributed by atoms with Gasteiger partial charge in [0.25, 0.3) is 0 Å². The molecule has 0 radical (unpaired) electrons. The zero-order chi connectivity index (χ0) is 23.4. The van der Waals surface area contributed by atoms with Crippen molar-refractivity contribution in [3.05, 3.63) is 29.3 Å². The van der Waals surface area contributed by atoms with E-state index in [0.29, 0.717) is 30.8 Å². The van der Waals surface area contributed by atoms with Crippen LogP contribution in [0.25, 0.3) is 0 Å². The van der Waals surface area contributed by atoms with Gasteiger partial charge in [0.1, 0.15) is 10.9 Å². The highest BCUT2D eigenvalue weighted by molar-refractivity contribution is 7.89. The van der Waals surface area contributed by atoms with Crippen molar-refractivity contribution in [2.75, 3.05) is 26.2 Å². The summed E-state index contributed by atoms with van der Waals surface area (Å²) in [6.45, 7) is 2.73. The first-order chi connectivity index (χ1) is 15.7. The zero-order valence-corrected chi connectivity index (χ0v) is 20.6. The average Bonchev–Trinajstić information content (AvgIpc) is 2.78. The van der Waals surface area contributed by atoms with E-state index in [-0.39, 0.29) is 40.2 Å². The van der Waals surface area contributed by atoms with Crippen LogP contribution in [0, 0.1) is 23.2 Å². The van der Waals surface area contributed by atoms with E-state index >= 15 is 0 Å². The number of halogens is 1. The topological polar surface area (TPSA) is 86.8 Å². The van der Waals surface area contributed by atoms with Crippen LogP contribution in [0.5, 0.6) is 0 Å². The van der Waals surface area contributed by atoms with Crippen LogP contribution in [-0.2, 0) is 19.6 Å². The third-order valence-corrected chi connectivity index (χ3v) is 10.6. The first-order valence-corrected chi connectivity index (χ1v) is 13.8. The monoisotopic (exact) mass is 493 g/mol. The first kappa shape index (κ1) is 23.1. The molecule has 2 amide bonds. The van der Waals surface area contributed by atoms with Crippen molar-refractivity contribution in [3.63, 3.8) is 0 Å². The van der Waals surface area contributed by atoms with Crippen molar-refractivity contribution in [1.82, 2.24) is 14.5 Å². The van der Waals surface area contributed by atoms with Gasteiger partial charge in [0.05, 0.1) is 5.02 Å². The maximum absolute atomic E-state index is 13.3. The lowest BCUT2D eigenvalue weighted by Crippen LogP contribution is -2.58. The second-order valence-electron chi connectivity index (χ2n) is 10.6. The third kappa shape index (κ3) is 4.19. The van der Waals surface area contributed by atoms with Crippen molar-refractivity contribution in [1.29, 1.82) is 0 Å². The predicted molar refractivity (Wildman–Crippen MR) is 125 cm³/mol. The summed E-state index contributed by atoms with van der Waals surface area (Å²) in [5, 5.41) is 3.22. The van der Waals surface area contributed by atoms with Crippen LogP contribution < -0.4 is 5.32 Å². The molecule has 5 aliphatic rings. The van der Waals surface area contributed by atoms with Crippen LogP contribution in [0.2, 0.25) is 5.02 Å². The number of benzene rings is 1. The van der Waals surface area contributed by atoms with Gasteiger partial charge >= 0.3 is 0 Å². The number of nitrogens with one attached hydrogen (secondary N) is 1. The van der Waals surface area contributed by atoms with Gasteiger partial charge in [0, 0.05) is 31.6 Å². The summed E-state index contributed by atoms with van der Waals surface area (Å²) in [7, 11) is -3.71. The normalized spacial score (nSPS) is 32.5. The number of carbonyl (C=O) groups is 2. The molecule has 7 nitrogen and oxygen atoms in total. The zero-order valence-electron chi connectivity index (χ0n) is 19.0. The van der Waals surface area contributed by atoms with Crippen LogP contribution in [0.15, 0.2) is 29.2 Å². The number of carbonyl (C=O) groups excluding carboxylic acids is 2. The molecule has 0 spiro atoms. The average molecular weight is 494 g/mol. The van der Waals surface area contributed by atoms with Crippen molar-refractivity contribution in [2.24, 2.45) is 23.2 Å². The Balaban J connectivity index is 1.18. The highest BCUT2D eigenvalue weighted by Gasteiger charge is 2.54. The van der Waals surface area contributed by atoms with Gasteiger partial charge in [-0.25, -0.2) is 8.42 Å². The van der Waals surface area contributed by atoms with Gasteiger partial charge in [0.2, 0.25) is 21.8 Å². The molecular formula is C24H32ClN3O4S. The van der Waals surface area contributed by atoms with E-state index < -0.39 is 16.1 Å². The number of piperazine rings is 1. The largest absolute Gasteiger partial charge is 0.344 e. The molecule has 1 aromatic carbocycles. The van der Waals surface area contributed by atoms with Crippen LogP contribution in [-0.4, -0.2) is 61.7 Å². The second kappa shape index (κ2) is 8.54. The van der Waals surface area contributed by atoms with Crippen molar-refractivity contribution >= 4 is 33.4 Å². The maximum Gasteiger partial charge on any atom is 0.244 e. The summed E-state index contributed by atoms with van der Waals surface area (Å²) in [4.78, 5) is 28.1. The Morgan fingerprint density at radius 3 is 2.09 bits per heavy atom. The second-order valence-corrected chi connectivity index (χ2v) is 12.9. The Morgan fingerprint density at radius 2 is 1.55 bits per heavy atom. The van der Waals surface area contributed by atoms with Gasteiger partial charge in [0.15, 0.2) is 0 Å². The molecule has 180 valence electrons. The minimum Gasteiger partial charge on any atom is -0.344 e. The number of rotatable bonds is 5. The molecule has 6 rings (SSSR count). The van der Waals surface area contributed by atoms with Gasteiger partial charge in [-0.05, 0) is 75.3 Å². The summed E-state index contributed by atoms with van der Waals surface area (Å²) in [5.41, 5.74) is -0.287. The van der Waals surface area contributed by atoms with Crippen molar-refractivity contribution in [3.8, 4) is 0 Å².